The second-order valence-electron chi connectivity index (χ2n) is 4.42. The van der Waals surface area contributed by atoms with E-state index in [4.69, 9.17) is 0 Å². The summed E-state index contributed by atoms with van der Waals surface area (Å²) in [6.45, 7) is 0.0825. The molecule has 0 radical (unpaired) electrons. The minimum absolute atomic E-state index is 0.0536. The summed E-state index contributed by atoms with van der Waals surface area (Å²) >= 11 is 1.40. The molecule has 5 nitrogen and oxygen atoms in total. The summed E-state index contributed by atoms with van der Waals surface area (Å²) in [5.41, 5.74) is -0.912. The molecule has 0 aliphatic carbocycles. The Hall–Kier alpha value is -2.03. The molecule has 1 N–H and O–H groups in total. The van der Waals surface area contributed by atoms with Crippen molar-refractivity contribution in [1.82, 2.24) is 20.1 Å². The number of aromatic nitrogens is 3. The maximum absolute atomic E-state index is 12.6. The second kappa shape index (κ2) is 6.39. The van der Waals surface area contributed by atoms with Crippen LogP contribution in [0.5, 0.6) is 0 Å². The summed E-state index contributed by atoms with van der Waals surface area (Å²) in [7, 11) is 1.75. The first-order chi connectivity index (χ1) is 10.3. The minimum Gasteiger partial charge on any atom is -0.345 e. The van der Waals surface area contributed by atoms with Crippen molar-refractivity contribution in [3.8, 4) is 0 Å². The van der Waals surface area contributed by atoms with Crippen molar-refractivity contribution in [2.45, 2.75) is 17.9 Å². The minimum atomic E-state index is -4.48. The van der Waals surface area contributed by atoms with E-state index >= 15 is 0 Å². The molecule has 22 heavy (non-hydrogen) atoms. The van der Waals surface area contributed by atoms with Crippen molar-refractivity contribution in [2.24, 2.45) is 7.05 Å². The third-order valence-corrected chi connectivity index (χ3v) is 3.69. The van der Waals surface area contributed by atoms with Gasteiger partial charge in [-0.2, -0.15) is 13.2 Å². The van der Waals surface area contributed by atoms with Crippen molar-refractivity contribution < 1.29 is 18.0 Å². The molecule has 0 bridgehead atoms. The van der Waals surface area contributed by atoms with Crippen LogP contribution in [0.15, 0.2) is 29.4 Å². The lowest BCUT2D eigenvalue weighted by atomic mass is 10.1. The maximum atomic E-state index is 12.6. The number of nitrogens with zero attached hydrogens (tertiary/aromatic N) is 3. The van der Waals surface area contributed by atoms with Crippen molar-refractivity contribution in [1.29, 1.82) is 0 Å². The topological polar surface area (TPSA) is 59.8 Å². The number of rotatable bonds is 4. The molecule has 0 spiro atoms. The van der Waals surface area contributed by atoms with Crippen molar-refractivity contribution in [3.63, 3.8) is 0 Å². The molecule has 2 rings (SSSR count). The lowest BCUT2D eigenvalue weighted by molar-refractivity contribution is -0.137. The molecule has 0 unspecified atom stereocenters. The number of halogens is 3. The highest BCUT2D eigenvalue weighted by Gasteiger charge is 2.30. The standard InChI is InChI=1S/C13H13F3N4OS/c1-20-10(18-19-12(20)22-2)7-17-11(21)8-4-3-5-9(6-8)13(14,15)16/h3-6H,7H2,1-2H3,(H,17,21). The van der Waals surface area contributed by atoms with Crippen molar-refractivity contribution in [2.75, 3.05) is 6.26 Å². The Morgan fingerprint density at radius 1 is 1.36 bits per heavy atom. The summed E-state index contributed by atoms with van der Waals surface area (Å²) in [5, 5.41) is 11.0. The predicted octanol–water partition coefficient (Wildman–Crippen LogP) is 2.49. The van der Waals surface area contributed by atoms with E-state index in [-0.39, 0.29) is 12.1 Å². The van der Waals surface area contributed by atoms with E-state index in [1.54, 1.807) is 11.6 Å². The van der Waals surface area contributed by atoms with E-state index < -0.39 is 17.6 Å². The molecule has 0 aliphatic heterocycles. The number of amides is 1. The lowest BCUT2D eigenvalue weighted by Gasteiger charge is -2.09. The molecule has 2 aromatic rings. The average molecular weight is 330 g/mol. The molecule has 1 aromatic heterocycles. The average Bonchev–Trinajstić information content (AvgIpc) is 2.84. The quantitative estimate of drug-likeness (QED) is 0.875. The van der Waals surface area contributed by atoms with Gasteiger partial charge in [0, 0.05) is 12.6 Å². The van der Waals surface area contributed by atoms with E-state index in [1.807, 2.05) is 6.26 Å². The molecule has 1 heterocycles. The van der Waals surface area contributed by atoms with Gasteiger partial charge in [-0.15, -0.1) is 10.2 Å². The van der Waals surface area contributed by atoms with Gasteiger partial charge in [-0.1, -0.05) is 17.8 Å². The van der Waals surface area contributed by atoms with Crippen LogP contribution >= 0.6 is 11.8 Å². The summed E-state index contributed by atoms with van der Waals surface area (Å²) in [6.07, 6.45) is -2.64. The summed E-state index contributed by atoms with van der Waals surface area (Å²) in [6, 6.07) is 4.27. The zero-order valence-corrected chi connectivity index (χ0v) is 12.6. The smallest absolute Gasteiger partial charge is 0.345 e. The second-order valence-corrected chi connectivity index (χ2v) is 5.20. The molecular formula is C13H13F3N4OS. The Kier molecular flexibility index (Phi) is 4.74. The summed E-state index contributed by atoms with van der Waals surface area (Å²) in [5.74, 6) is -0.0792. The Balaban J connectivity index is 2.08. The van der Waals surface area contributed by atoms with Crippen LogP contribution in [0.2, 0.25) is 0 Å². The number of carbonyl (C=O) groups is 1. The number of hydrogen-bond donors (Lipinski definition) is 1. The first kappa shape index (κ1) is 16.3. The Labute approximate surface area is 128 Å². The molecule has 0 fully saturated rings. The molecule has 1 amide bonds. The van der Waals surface area contributed by atoms with Gasteiger partial charge in [-0.05, 0) is 24.5 Å². The number of alkyl halides is 3. The zero-order valence-electron chi connectivity index (χ0n) is 11.8. The highest BCUT2D eigenvalue weighted by atomic mass is 32.2. The lowest BCUT2D eigenvalue weighted by Crippen LogP contribution is -2.24. The fraction of sp³-hybridized carbons (Fsp3) is 0.308. The Bertz CT molecular complexity index is 684. The SMILES string of the molecule is CSc1nnc(CNC(=O)c2cccc(C(F)(F)F)c2)n1C. The number of carbonyl (C=O) groups excluding carboxylic acids is 1. The largest absolute Gasteiger partial charge is 0.416 e. The van der Waals surface area contributed by atoms with Crippen LogP contribution < -0.4 is 5.32 Å². The van der Waals surface area contributed by atoms with E-state index in [9.17, 15) is 18.0 Å². The fourth-order valence-electron chi connectivity index (χ4n) is 1.77. The summed E-state index contributed by atoms with van der Waals surface area (Å²) < 4.78 is 39.6. The van der Waals surface area contributed by atoms with Crippen LogP contribution in [0.1, 0.15) is 21.7 Å². The molecule has 9 heteroatoms. The van der Waals surface area contributed by atoms with E-state index in [0.717, 1.165) is 12.1 Å². The van der Waals surface area contributed by atoms with Crippen LogP contribution in [-0.2, 0) is 19.8 Å². The van der Waals surface area contributed by atoms with Gasteiger partial charge >= 0.3 is 6.18 Å². The fourth-order valence-corrected chi connectivity index (χ4v) is 2.28. The number of nitrogens with one attached hydrogen (secondary N) is 1. The van der Waals surface area contributed by atoms with Crippen LogP contribution in [0, 0.1) is 0 Å². The zero-order chi connectivity index (χ0) is 16.3. The van der Waals surface area contributed by atoms with Gasteiger partial charge in [0.05, 0.1) is 12.1 Å². The number of thioether (sulfide) groups is 1. The van der Waals surface area contributed by atoms with Crippen molar-refractivity contribution >= 4 is 17.7 Å². The van der Waals surface area contributed by atoms with Gasteiger partial charge in [-0.25, -0.2) is 0 Å². The monoisotopic (exact) mass is 330 g/mol. The maximum Gasteiger partial charge on any atom is 0.416 e. The van der Waals surface area contributed by atoms with E-state index in [1.165, 1.54) is 23.9 Å². The highest BCUT2D eigenvalue weighted by molar-refractivity contribution is 7.98. The van der Waals surface area contributed by atoms with Crippen molar-refractivity contribution in [3.05, 3.63) is 41.2 Å². The van der Waals surface area contributed by atoms with E-state index in [0.29, 0.717) is 11.0 Å². The summed E-state index contributed by atoms with van der Waals surface area (Å²) in [4.78, 5) is 11.9. The molecule has 0 aliphatic rings. The molecular weight excluding hydrogens is 317 g/mol. The number of hydrogen-bond acceptors (Lipinski definition) is 4. The first-order valence-corrected chi connectivity index (χ1v) is 7.43. The van der Waals surface area contributed by atoms with Gasteiger partial charge in [0.25, 0.3) is 5.91 Å². The van der Waals surface area contributed by atoms with Gasteiger partial charge < -0.3 is 9.88 Å². The predicted molar refractivity (Wildman–Crippen MR) is 75.4 cm³/mol. The van der Waals surface area contributed by atoms with Crippen LogP contribution in [-0.4, -0.2) is 26.9 Å². The molecule has 0 atom stereocenters. The first-order valence-electron chi connectivity index (χ1n) is 6.20. The molecule has 0 saturated carbocycles. The third-order valence-electron chi connectivity index (χ3n) is 2.97. The van der Waals surface area contributed by atoms with Gasteiger partial charge in [0.1, 0.15) is 0 Å². The molecule has 1 aromatic carbocycles. The molecule has 118 valence electrons. The van der Waals surface area contributed by atoms with Crippen LogP contribution in [0.4, 0.5) is 13.2 Å². The Morgan fingerprint density at radius 3 is 2.68 bits per heavy atom. The van der Waals surface area contributed by atoms with Crippen LogP contribution in [0.3, 0.4) is 0 Å². The third kappa shape index (κ3) is 3.59. The Morgan fingerprint density at radius 2 is 2.09 bits per heavy atom. The number of benzene rings is 1. The highest BCUT2D eigenvalue weighted by Crippen LogP contribution is 2.29. The molecule has 0 saturated heterocycles. The van der Waals surface area contributed by atoms with E-state index in [2.05, 4.69) is 15.5 Å². The van der Waals surface area contributed by atoms with Crippen LogP contribution in [0.25, 0.3) is 0 Å². The van der Waals surface area contributed by atoms with Gasteiger partial charge in [0.2, 0.25) is 0 Å². The van der Waals surface area contributed by atoms with Gasteiger partial charge in [0.15, 0.2) is 11.0 Å². The normalized spacial score (nSPS) is 11.5. The van der Waals surface area contributed by atoms with Gasteiger partial charge in [-0.3, -0.25) is 4.79 Å².